The van der Waals surface area contributed by atoms with Crippen molar-refractivity contribution in [2.45, 2.75) is 26.4 Å². The zero-order chi connectivity index (χ0) is 11.3. The Morgan fingerprint density at radius 1 is 1.53 bits per heavy atom. The lowest BCUT2D eigenvalue weighted by molar-refractivity contribution is 0.000691. The first-order valence-electron chi connectivity index (χ1n) is 5.03. The highest BCUT2D eigenvalue weighted by Crippen LogP contribution is 2.12. The molecule has 0 bridgehead atoms. The van der Waals surface area contributed by atoms with E-state index in [9.17, 15) is 4.39 Å². The van der Waals surface area contributed by atoms with Gasteiger partial charge in [-0.15, -0.1) is 0 Å². The third kappa shape index (κ3) is 4.25. The molecule has 1 aromatic rings. The van der Waals surface area contributed by atoms with Gasteiger partial charge in [0.05, 0.1) is 5.60 Å². The molecule has 0 saturated carbocycles. The number of rotatable bonds is 5. The zero-order valence-electron chi connectivity index (χ0n) is 9.38. The molecule has 0 fully saturated rings. The number of nitrogens with zero attached hydrogens (tertiary/aromatic N) is 1. The Morgan fingerprint density at radius 3 is 2.87 bits per heavy atom. The molecular weight excluding hydrogens is 195 g/mol. The molecule has 0 aliphatic heterocycles. The van der Waals surface area contributed by atoms with Crippen molar-refractivity contribution in [2.75, 3.05) is 18.5 Å². The average Bonchev–Trinajstić information content (AvgIpc) is 2.15. The van der Waals surface area contributed by atoms with Crippen LogP contribution in [0.15, 0.2) is 18.3 Å². The van der Waals surface area contributed by atoms with Crippen LogP contribution in [0.5, 0.6) is 0 Å². The zero-order valence-corrected chi connectivity index (χ0v) is 9.38. The van der Waals surface area contributed by atoms with Gasteiger partial charge in [0.15, 0.2) is 0 Å². The van der Waals surface area contributed by atoms with Gasteiger partial charge >= 0.3 is 0 Å². The van der Waals surface area contributed by atoms with Gasteiger partial charge in [-0.2, -0.15) is 4.39 Å². The molecule has 0 aliphatic rings. The first-order chi connectivity index (χ1) is 7.03. The summed E-state index contributed by atoms with van der Waals surface area (Å²) in [6.07, 6.45) is 1.44. The maximum atomic E-state index is 12.8. The van der Waals surface area contributed by atoms with Gasteiger partial charge in [0.25, 0.3) is 0 Å². The first-order valence-corrected chi connectivity index (χ1v) is 5.03. The SMILES string of the molecule is CCOC(C)(C)CNc1ccnc(F)c1. The normalized spacial score (nSPS) is 11.5. The minimum absolute atomic E-state index is 0.255. The van der Waals surface area contributed by atoms with Crippen LogP contribution in [0.3, 0.4) is 0 Å². The number of halogens is 1. The summed E-state index contributed by atoms with van der Waals surface area (Å²) < 4.78 is 18.3. The summed E-state index contributed by atoms with van der Waals surface area (Å²) in [5.74, 6) is -0.478. The van der Waals surface area contributed by atoms with Crippen molar-refractivity contribution in [1.82, 2.24) is 4.98 Å². The molecule has 0 radical (unpaired) electrons. The van der Waals surface area contributed by atoms with Crippen molar-refractivity contribution in [1.29, 1.82) is 0 Å². The Kier molecular flexibility index (Phi) is 4.03. The molecule has 0 unspecified atom stereocenters. The fourth-order valence-electron chi connectivity index (χ4n) is 1.27. The molecule has 0 aliphatic carbocycles. The van der Waals surface area contributed by atoms with Crippen LogP contribution in [-0.4, -0.2) is 23.7 Å². The standard InChI is InChI=1S/C11H17FN2O/c1-4-15-11(2,3)8-14-9-5-6-13-10(12)7-9/h5-7H,4,8H2,1-3H3,(H,13,14). The van der Waals surface area contributed by atoms with Gasteiger partial charge in [-0.1, -0.05) is 0 Å². The van der Waals surface area contributed by atoms with Crippen molar-refractivity contribution < 1.29 is 9.13 Å². The third-order valence-corrected chi connectivity index (χ3v) is 1.98. The van der Waals surface area contributed by atoms with Gasteiger partial charge in [-0.25, -0.2) is 4.98 Å². The maximum Gasteiger partial charge on any atom is 0.214 e. The highest BCUT2D eigenvalue weighted by Gasteiger charge is 2.16. The smallest absolute Gasteiger partial charge is 0.214 e. The Labute approximate surface area is 89.7 Å². The minimum atomic E-state index is -0.478. The highest BCUT2D eigenvalue weighted by atomic mass is 19.1. The first kappa shape index (κ1) is 11.9. The topological polar surface area (TPSA) is 34.1 Å². The molecule has 0 aromatic carbocycles. The summed E-state index contributed by atoms with van der Waals surface area (Å²) in [4.78, 5) is 3.48. The van der Waals surface area contributed by atoms with E-state index >= 15 is 0 Å². The molecule has 0 saturated heterocycles. The van der Waals surface area contributed by atoms with Crippen LogP contribution in [0.4, 0.5) is 10.1 Å². The van der Waals surface area contributed by atoms with E-state index in [-0.39, 0.29) is 5.60 Å². The molecule has 84 valence electrons. The second-order valence-corrected chi connectivity index (χ2v) is 3.91. The van der Waals surface area contributed by atoms with Gasteiger partial charge < -0.3 is 10.1 Å². The van der Waals surface area contributed by atoms with E-state index in [4.69, 9.17) is 4.74 Å². The lowest BCUT2D eigenvalue weighted by atomic mass is 10.1. The summed E-state index contributed by atoms with van der Waals surface area (Å²) in [7, 11) is 0. The fourth-order valence-corrected chi connectivity index (χ4v) is 1.27. The molecule has 0 spiro atoms. The number of hydrogen-bond donors (Lipinski definition) is 1. The molecular formula is C11H17FN2O. The minimum Gasteiger partial charge on any atom is -0.382 e. The van der Waals surface area contributed by atoms with E-state index in [1.54, 1.807) is 6.07 Å². The van der Waals surface area contributed by atoms with Gasteiger partial charge in [-0.05, 0) is 26.8 Å². The molecule has 15 heavy (non-hydrogen) atoms. The van der Waals surface area contributed by atoms with Gasteiger partial charge in [0.2, 0.25) is 5.95 Å². The number of hydrogen-bond acceptors (Lipinski definition) is 3. The van der Waals surface area contributed by atoms with Crippen LogP contribution >= 0.6 is 0 Å². The van der Waals surface area contributed by atoms with E-state index in [0.717, 1.165) is 5.69 Å². The molecule has 3 nitrogen and oxygen atoms in total. The maximum absolute atomic E-state index is 12.8. The number of ether oxygens (including phenoxy) is 1. The quantitative estimate of drug-likeness (QED) is 0.761. The van der Waals surface area contributed by atoms with Crippen molar-refractivity contribution in [2.24, 2.45) is 0 Å². The van der Waals surface area contributed by atoms with Crippen LogP contribution in [0.2, 0.25) is 0 Å². The predicted molar refractivity (Wildman–Crippen MR) is 58.4 cm³/mol. The van der Waals surface area contributed by atoms with Gasteiger partial charge in [0, 0.05) is 31.1 Å². The fraction of sp³-hybridized carbons (Fsp3) is 0.545. The van der Waals surface area contributed by atoms with Gasteiger partial charge in [-0.3, -0.25) is 0 Å². The molecule has 0 amide bonds. The number of nitrogens with one attached hydrogen (secondary N) is 1. The van der Waals surface area contributed by atoms with Crippen molar-refractivity contribution in [3.63, 3.8) is 0 Å². The van der Waals surface area contributed by atoms with E-state index < -0.39 is 5.95 Å². The van der Waals surface area contributed by atoms with Gasteiger partial charge in [0.1, 0.15) is 0 Å². The summed E-state index contributed by atoms with van der Waals surface area (Å²) in [6, 6.07) is 3.09. The van der Waals surface area contributed by atoms with Crippen LogP contribution in [-0.2, 0) is 4.74 Å². The largest absolute Gasteiger partial charge is 0.382 e. The summed E-state index contributed by atoms with van der Waals surface area (Å²) in [5, 5.41) is 3.11. The Balaban J connectivity index is 2.49. The summed E-state index contributed by atoms with van der Waals surface area (Å²) in [6.45, 7) is 7.22. The Morgan fingerprint density at radius 2 is 2.27 bits per heavy atom. The van der Waals surface area contributed by atoms with Crippen molar-refractivity contribution in [3.05, 3.63) is 24.3 Å². The predicted octanol–water partition coefficient (Wildman–Crippen LogP) is 2.45. The molecule has 1 heterocycles. The van der Waals surface area contributed by atoms with Crippen LogP contribution < -0.4 is 5.32 Å². The number of aromatic nitrogens is 1. The second-order valence-electron chi connectivity index (χ2n) is 3.91. The molecule has 1 rings (SSSR count). The molecule has 1 N–H and O–H groups in total. The van der Waals surface area contributed by atoms with Crippen LogP contribution in [0.25, 0.3) is 0 Å². The third-order valence-electron chi connectivity index (χ3n) is 1.98. The lowest BCUT2D eigenvalue weighted by Gasteiger charge is -2.25. The van der Waals surface area contributed by atoms with Crippen molar-refractivity contribution in [3.8, 4) is 0 Å². The highest BCUT2D eigenvalue weighted by molar-refractivity contribution is 5.41. The number of pyridine rings is 1. The van der Waals surface area contributed by atoms with Crippen LogP contribution in [0, 0.1) is 5.95 Å². The Hall–Kier alpha value is -1.16. The van der Waals surface area contributed by atoms with E-state index in [2.05, 4.69) is 10.3 Å². The molecule has 4 heteroatoms. The Bertz CT molecular complexity index is 315. The number of anilines is 1. The van der Waals surface area contributed by atoms with E-state index in [1.165, 1.54) is 12.3 Å². The van der Waals surface area contributed by atoms with Crippen molar-refractivity contribution >= 4 is 5.69 Å². The lowest BCUT2D eigenvalue weighted by Crippen LogP contribution is -2.33. The monoisotopic (exact) mass is 212 g/mol. The molecule has 0 atom stereocenters. The van der Waals surface area contributed by atoms with E-state index in [1.807, 2.05) is 20.8 Å². The van der Waals surface area contributed by atoms with E-state index in [0.29, 0.717) is 13.2 Å². The average molecular weight is 212 g/mol. The summed E-state index contributed by atoms with van der Waals surface area (Å²) >= 11 is 0. The second kappa shape index (κ2) is 5.07. The van der Waals surface area contributed by atoms with Crippen LogP contribution in [0.1, 0.15) is 20.8 Å². The summed E-state index contributed by atoms with van der Waals surface area (Å²) in [5.41, 5.74) is 0.462. The molecule has 1 aromatic heterocycles.